The molecule has 0 aliphatic rings. The van der Waals surface area contributed by atoms with Gasteiger partial charge in [0.05, 0.1) is 6.61 Å². The summed E-state index contributed by atoms with van der Waals surface area (Å²) < 4.78 is 49.0. The number of rotatable bonds is 6. The number of hydrogen-bond acceptors (Lipinski definition) is 5. The number of carbonyl (C=O) groups excluding carboxylic acids is 2. The molecule has 0 bridgehead atoms. The molecule has 0 unspecified atom stereocenters. The summed E-state index contributed by atoms with van der Waals surface area (Å²) in [7, 11) is 0. The largest absolute Gasteiger partial charge is 0.462 e. The molecule has 1 heterocycles. The van der Waals surface area contributed by atoms with Gasteiger partial charge in [-0.3, -0.25) is 10.6 Å². The monoisotopic (exact) mass is 335 g/mol. The van der Waals surface area contributed by atoms with E-state index in [4.69, 9.17) is 0 Å². The van der Waals surface area contributed by atoms with Gasteiger partial charge in [-0.25, -0.2) is 14.6 Å². The number of esters is 1. The molecule has 0 fully saturated rings. The molecule has 1 atom stereocenters. The molecular weight excluding hydrogens is 319 g/mol. The maximum absolute atomic E-state index is 13.4. The van der Waals surface area contributed by atoms with Gasteiger partial charge in [-0.1, -0.05) is 6.07 Å². The minimum Gasteiger partial charge on any atom is -0.462 e. The Morgan fingerprint density at radius 2 is 1.91 bits per heavy atom. The molecule has 0 aliphatic heterocycles. The fourth-order valence-electron chi connectivity index (χ4n) is 1.61. The van der Waals surface area contributed by atoms with Crippen molar-refractivity contribution in [3.8, 4) is 0 Å². The van der Waals surface area contributed by atoms with E-state index in [1.165, 1.54) is 37.5 Å². The zero-order valence-electron chi connectivity index (χ0n) is 12.4. The molecule has 23 heavy (non-hydrogen) atoms. The highest BCUT2D eigenvalue weighted by Gasteiger charge is 2.64. The zero-order valence-corrected chi connectivity index (χ0v) is 12.4. The third kappa shape index (κ3) is 4.55. The lowest BCUT2D eigenvalue weighted by atomic mass is 10.2. The van der Waals surface area contributed by atoms with Crippen molar-refractivity contribution in [2.75, 3.05) is 18.5 Å². The average molecular weight is 335 g/mol. The van der Waals surface area contributed by atoms with Crippen LogP contribution in [0.3, 0.4) is 0 Å². The van der Waals surface area contributed by atoms with Crippen LogP contribution in [0.4, 0.5) is 23.8 Å². The number of alkyl halides is 3. The molecule has 2 amide bonds. The molecule has 0 spiro atoms. The number of halogens is 3. The molecule has 0 saturated carbocycles. The summed E-state index contributed by atoms with van der Waals surface area (Å²) in [4.78, 5) is 27.3. The Kier molecular flexibility index (Phi) is 6.31. The highest BCUT2D eigenvalue weighted by atomic mass is 19.4. The molecule has 128 valence electrons. The lowest BCUT2D eigenvalue weighted by Gasteiger charge is -2.33. The Labute approximate surface area is 130 Å². The van der Waals surface area contributed by atoms with Crippen LogP contribution < -0.4 is 10.6 Å². The van der Waals surface area contributed by atoms with E-state index in [0.717, 1.165) is 0 Å². The number of carbonyl (C=O) groups is 2. The van der Waals surface area contributed by atoms with Gasteiger partial charge in [0.1, 0.15) is 5.82 Å². The van der Waals surface area contributed by atoms with Crippen LogP contribution in [0.15, 0.2) is 24.4 Å². The number of amides is 2. The molecule has 10 heteroatoms. The predicted octanol–water partition coefficient (Wildman–Crippen LogP) is 2.06. The molecule has 0 aliphatic carbocycles. The molecule has 1 rings (SSSR count). The quantitative estimate of drug-likeness (QED) is 0.613. The first kappa shape index (κ1) is 18.7. The topological polar surface area (TPSA) is 89.5 Å². The number of nitrogens with zero attached hydrogens (tertiary/aromatic N) is 1. The normalized spacial score (nSPS) is 13.8. The van der Waals surface area contributed by atoms with Crippen LogP contribution in [0, 0.1) is 0 Å². The van der Waals surface area contributed by atoms with Gasteiger partial charge in [-0.05, 0) is 26.0 Å². The summed E-state index contributed by atoms with van der Waals surface area (Å²) in [6.45, 7) is 1.78. The summed E-state index contributed by atoms with van der Waals surface area (Å²) in [6.07, 6.45) is -3.89. The van der Waals surface area contributed by atoms with Crippen molar-refractivity contribution in [2.24, 2.45) is 0 Å². The van der Waals surface area contributed by atoms with Crippen molar-refractivity contribution >= 4 is 17.8 Å². The van der Waals surface area contributed by atoms with Crippen molar-refractivity contribution < 1.29 is 32.2 Å². The van der Waals surface area contributed by atoms with E-state index >= 15 is 0 Å². The first-order valence-corrected chi connectivity index (χ1v) is 6.65. The lowest BCUT2D eigenvalue weighted by molar-refractivity contribution is -0.282. The fourth-order valence-corrected chi connectivity index (χ4v) is 1.61. The Morgan fingerprint density at radius 1 is 1.22 bits per heavy atom. The van der Waals surface area contributed by atoms with Crippen LogP contribution in [0.2, 0.25) is 0 Å². The first-order valence-electron chi connectivity index (χ1n) is 6.65. The van der Waals surface area contributed by atoms with Crippen molar-refractivity contribution in [1.82, 2.24) is 10.3 Å². The van der Waals surface area contributed by atoms with Crippen molar-refractivity contribution in [3.05, 3.63) is 24.4 Å². The molecule has 1 aromatic rings. The van der Waals surface area contributed by atoms with Gasteiger partial charge in [-0.2, -0.15) is 13.2 Å². The molecule has 2 N–H and O–H groups in total. The Balaban J connectivity index is 3.03. The van der Waals surface area contributed by atoms with Crippen LogP contribution in [0.1, 0.15) is 13.8 Å². The van der Waals surface area contributed by atoms with Gasteiger partial charge in [-0.15, -0.1) is 0 Å². The second-order valence-corrected chi connectivity index (χ2v) is 4.13. The summed E-state index contributed by atoms with van der Waals surface area (Å²) in [6, 6.07) is 3.12. The number of aromatic nitrogens is 1. The summed E-state index contributed by atoms with van der Waals surface area (Å²) in [5, 5.41) is 3.57. The SMILES string of the molecule is CCOC(=O)[C@@](NC(=O)Nc1ccccn1)(OCC)C(F)(F)F. The minimum absolute atomic E-state index is 0.00133. The average Bonchev–Trinajstić information content (AvgIpc) is 2.46. The molecular formula is C13H16F3N3O4. The van der Waals surface area contributed by atoms with E-state index in [9.17, 15) is 22.8 Å². The van der Waals surface area contributed by atoms with Crippen LogP contribution in [-0.4, -0.2) is 42.1 Å². The lowest BCUT2D eigenvalue weighted by Crippen LogP contribution is -2.67. The van der Waals surface area contributed by atoms with Gasteiger partial charge < -0.3 is 9.47 Å². The zero-order chi connectivity index (χ0) is 17.5. The number of pyridine rings is 1. The smallest absolute Gasteiger partial charge is 0.448 e. The van der Waals surface area contributed by atoms with E-state index < -0.39 is 30.5 Å². The van der Waals surface area contributed by atoms with Gasteiger partial charge in [0, 0.05) is 12.8 Å². The number of hydrogen-bond donors (Lipinski definition) is 2. The molecule has 0 saturated heterocycles. The molecule has 0 radical (unpaired) electrons. The number of nitrogens with one attached hydrogen (secondary N) is 2. The maximum Gasteiger partial charge on any atom is 0.448 e. The highest BCUT2D eigenvalue weighted by Crippen LogP contribution is 2.33. The van der Waals surface area contributed by atoms with Crippen molar-refractivity contribution in [1.29, 1.82) is 0 Å². The van der Waals surface area contributed by atoms with Crippen LogP contribution in [-0.2, 0) is 14.3 Å². The number of urea groups is 1. The van der Waals surface area contributed by atoms with Crippen LogP contribution >= 0.6 is 0 Å². The predicted molar refractivity (Wildman–Crippen MR) is 73.4 cm³/mol. The minimum atomic E-state index is -5.23. The van der Waals surface area contributed by atoms with E-state index in [0.29, 0.717) is 0 Å². The standard InChI is InChI=1S/C13H16F3N3O4/c1-3-22-10(20)12(23-4-2,13(14,15)16)19-11(21)18-9-7-5-6-8-17-9/h5-8H,3-4H2,1-2H3,(H2,17,18,19,21)/t12-/m1/s1. The van der Waals surface area contributed by atoms with E-state index in [1.807, 2.05) is 0 Å². The summed E-state index contributed by atoms with van der Waals surface area (Å²) in [5.74, 6) is -1.76. The Morgan fingerprint density at radius 3 is 2.39 bits per heavy atom. The van der Waals surface area contributed by atoms with Gasteiger partial charge >= 0.3 is 23.9 Å². The van der Waals surface area contributed by atoms with E-state index in [1.54, 1.807) is 6.07 Å². The highest BCUT2D eigenvalue weighted by molar-refractivity contribution is 5.93. The molecule has 7 nitrogen and oxygen atoms in total. The third-order valence-corrected chi connectivity index (χ3v) is 2.52. The molecule has 0 aromatic carbocycles. The number of ether oxygens (including phenoxy) is 2. The van der Waals surface area contributed by atoms with Gasteiger partial charge in [0.2, 0.25) is 0 Å². The van der Waals surface area contributed by atoms with Crippen LogP contribution in [0.25, 0.3) is 0 Å². The van der Waals surface area contributed by atoms with Gasteiger partial charge in [0.25, 0.3) is 0 Å². The summed E-state index contributed by atoms with van der Waals surface area (Å²) in [5.41, 5.74) is -3.60. The van der Waals surface area contributed by atoms with Crippen LogP contribution in [0.5, 0.6) is 0 Å². The van der Waals surface area contributed by atoms with Crippen molar-refractivity contribution in [2.45, 2.75) is 25.7 Å². The van der Waals surface area contributed by atoms with Gasteiger partial charge in [0.15, 0.2) is 0 Å². The third-order valence-electron chi connectivity index (χ3n) is 2.52. The second kappa shape index (κ2) is 7.77. The summed E-state index contributed by atoms with van der Waals surface area (Å²) >= 11 is 0. The Hall–Kier alpha value is -2.36. The maximum atomic E-state index is 13.4. The first-order chi connectivity index (χ1) is 10.8. The number of anilines is 1. The fraction of sp³-hybridized carbons (Fsp3) is 0.462. The van der Waals surface area contributed by atoms with Crippen molar-refractivity contribution in [3.63, 3.8) is 0 Å². The molecule has 1 aromatic heterocycles. The Bertz CT molecular complexity index is 539. The van der Waals surface area contributed by atoms with E-state index in [-0.39, 0.29) is 12.4 Å². The van der Waals surface area contributed by atoms with E-state index in [2.05, 4.69) is 19.8 Å². The second-order valence-electron chi connectivity index (χ2n) is 4.13.